The monoisotopic (exact) mass is 265 g/mol. The fraction of sp³-hybridized carbons (Fsp3) is 0.615. The molecule has 104 valence electrons. The molecular formula is C13H19N3O3. The molecule has 6 heteroatoms. The van der Waals surface area contributed by atoms with Crippen LogP contribution in [-0.2, 0) is 16.6 Å². The van der Waals surface area contributed by atoms with Crippen molar-refractivity contribution in [3.63, 3.8) is 0 Å². The Bertz CT molecular complexity index is 509. The zero-order valence-electron chi connectivity index (χ0n) is 11.7. The smallest absolute Gasteiger partial charge is 0.310 e. The Labute approximate surface area is 112 Å². The summed E-state index contributed by atoms with van der Waals surface area (Å²) in [5.74, 6) is -0.445. The Morgan fingerprint density at radius 3 is 2.63 bits per heavy atom. The van der Waals surface area contributed by atoms with E-state index in [1.807, 2.05) is 13.8 Å². The van der Waals surface area contributed by atoms with Crippen LogP contribution in [0.3, 0.4) is 0 Å². The molecule has 19 heavy (non-hydrogen) atoms. The number of aromatic nitrogens is 2. The van der Waals surface area contributed by atoms with Gasteiger partial charge in [-0.1, -0.05) is 6.92 Å². The summed E-state index contributed by atoms with van der Waals surface area (Å²) in [5, 5.41) is 4.17. The highest BCUT2D eigenvalue weighted by molar-refractivity contribution is 5.93. The van der Waals surface area contributed by atoms with Crippen LogP contribution < -0.4 is 0 Å². The highest BCUT2D eigenvalue weighted by Crippen LogP contribution is 2.25. The lowest BCUT2D eigenvalue weighted by atomic mass is 9.99. The molecule has 1 aromatic heterocycles. The number of likely N-dealkylation sites (tertiary alicyclic amines) is 1. The van der Waals surface area contributed by atoms with Crippen LogP contribution in [0, 0.1) is 18.8 Å². The number of hydrogen-bond donors (Lipinski definition) is 0. The van der Waals surface area contributed by atoms with E-state index in [9.17, 15) is 9.59 Å². The van der Waals surface area contributed by atoms with Crippen LogP contribution in [0.1, 0.15) is 23.1 Å². The van der Waals surface area contributed by atoms with Crippen LogP contribution in [0.25, 0.3) is 0 Å². The second-order valence-corrected chi connectivity index (χ2v) is 5.11. The largest absolute Gasteiger partial charge is 0.469 e. The number of esters is 1. The van der Waals surface area contributed by atoms with Crippen molar-refractivity contribution < 1.29 is 14.3 Å². The van der Waals surface area contributed by atoms with E-state index in [1.165, 1.54) is 7.11 Å². The predicted molar refractivity (Wildman–Crippen MR) is 68.5 cm³/mol. The first-order valence-corrected chi connectivity index (χ1v) is 6.31. The van der Waals surface area contributed by atoms with Crippen molar-refractivity contribution in [2.75, 3.05) is 20.2 Å². The highest BCUT2D eigenvalue weighted by atomic mass is 16.5. The number of aryl methyl sites for hydroxylation is 2. The van der Waals surface area contributed by atoms with Crippen molar-refractivity contribution >= 4 is 11.9 Å². The number of hydrogen-bond acceptors (Lipinski definition) is 4. The van der Waals surface area contributed by atoms with Crippen LogP contribution in [0.2, 0.25) is 0 Å². The first-order valence-electron chi connectivity index (χ1n) is 6.31. The van der Waals surface area contributed by atoms with E-state index in [1.54, 1.807) is 22.7 Å². The summed E-state index contributed by atoms with van der Waals surface area (Å²) in [4.78, 5) is 25.7. The maximum absolute atomic E-state index is 12.4. The number of carbonyl (C=O) groups excluding carboxylic acids is 2. The molecule has 1 saturated heterocycles. The quantitative estimate of drug-likeness (QED) is 0.735. The maximum Gasteiger partial charge on any atom is 0.310 e. The third-order valence-corrected chi connectivity index (χ3v) is 3.62. The van der Waals surface area contributed by atoms with Crippen molar-refractivity contribution in [2.45, 2.75) is 13.8 Å². The minimum atomic E-state index is -0.246. The van der Waals surface area contributed by atoms with Crippen molar-refractivity contribution in [2.24, 2.45) is 18.9 Å². The third-order valence-electron chi connectivity index (χ3n) is 3.62. The summed E-state index contributed by atoms with van der Waals surface area (Å²) in [5.41, 5.74) is 1.36. The molecule has 1 amide bonds. The van der Waals surface area contributed by atoms with Crippen LogP contribution in [0.15, 0.2) is 6.07 Å². The summed E-state index contributed by atoms with van der Waals surface area (Å²) in [6.45, 7) is 4.80. The molecule has 1 aromatic rings. The summed E-state index contributed by atoms with van der Waals surface area (Å²) < 4.78 is 6.35. The number of ether oxygens (including phenoxy) is 1. The van der Waals surface area contributed by atoms with E-state index in [0.717, 1.165) is 5.69 Å². The first kappa shape index (κ1) is 13.6. The summed E-state index contributed by atoms with van der Waals surface area (Å²) in [7, 11) is 3.13. The highest BCUT2D eigenvalue weighted by Gasteiger charge is 2.38. The fourth-order valence-corrected chi connectivity index (χ4v) is 2.56. The molecule has 2 heterocycles. The summed E-state index contributed by atoms with van der Waals surface area (Å²) >= 11 is 0. The van der Waals surface area contributed by atoms with Gasteiger partial charge in [-0.3, -0.25) is 14.3 Å². The van der Waals surface area contributed by atoms with Crippen molar-refractivity contribution in [3.8, 4) is 0 Å². The first-order chi connectivity index (χ1) is 8.93. The van der Waals surface area contributed by atoms with Gasteiger partial charge in [-0.25, -0.2) is 0 Å². The molecule has 0 spiro atoms. The Morgan fingerprint density at radius 2 is 2.11 bits per heavy atom. The molecule has 2 unspecified atom stereocenters. The lowest BCUT2D eigenvalue weighted by Gasteiger charge is -2.15. The Hall–Kier alpha value is -1.85. The van der Waals surface area contributed by atoms with Crippen molar-refractivity contribution in [1.29, 1.82) is 0 Å². The van der Waals surface area contributed by atoms with E-state index in [0.29, 0.717) is 18.8 Å². The number of rotatable bonds is 2. The summed E-state index contributed by atoms with van der Waals surface area (Å²) in [6.07, 6.45) is 0. The van der Waals surface area contributed by atoms with Crippen LogP contribution in [0.5, 0.6) is 0 Å². The van der Waals surface area contributed by atoms with Gasteiger partial charge in [0.2, 0.25) is 0 Å². The molecule has 6 nitrogen and oxygen atoms in total. The van der Waals surface area contributed by atoms with Gasteiger partial charge in [0.15, 0.2) is 0 Å². The number of carbonyl (C=O) groups is 2. The van der Waals surface area contributed by atoms with Gasteiger partial charge < -0.3 is 9.64 Å². The SMILES string of the molecule is COC(=O)C1CN(C(=O)c2cc(C)nn2C)CC1C. The Balaban J connectivity index is 2.14. The normalized spacial score (nSPS) is 22.6. The molecular weight excluding hydrogens is 246 g/mol. The van der Waals surface area contributed by atoms with Gasteiger partial charge in [0.05, 0.1) is 18.7 Å². The zero-order chi connectivity index (χ0) is 14.2. The van der Waals surface area contributed by atoms with Gasteiger partial charge >= 0.3 is 5.97 Å². The second kappa shape index (κ2) is 5.03. The standard InChI is InChI=1S/C13H19N3O3/c1-8-6-16(7-10(8)13(18)19-4)12(17)11-5-9(2)14-15(11)3/h5,8,10H,6-7H2,1-4H3. The van der Waals surface area contributed by atoms with E-state index >= 15 is 0 Å². The minimum Gasteiger partial charge on any atom is -0.469 e. The molecule has 0 bridgehead atoms. The average Bonchev–Trinajstić information content (AvgIpc) is 2.90. The molecule has 1 aliphatic rings. The van der Waals surface area contributed by atoms with Crippen LogP contribution in [-0.4, -0.2) is 46.8 Å². The van der Waals surface area contributed by atoms with Gasteiger partial charge in [0.25, 0.3) is 5.91 Å². The molecule has 0 radical (unpaired) electrons. The van der Waals surface area contributed by atoms with Gasteiger partial charge in [0, 0.05) is 20.1 Å². The van der Waals surface area contributed by atoms with E-state index in [4.69, 9.17) is 4.74 Å². The molecule has 1 aliphatic heterocycles. The molecule has 0 aromatic carbocycles. The van der Waals surface area contributed by atoms with Crippen molar-refractivity contribution in [1.82, 2.24) is 14.7 Å². The van der Waals surface area contributed by atoms with Gasteiger partial charge in [-0.15, -0.1) is 0 Å². The molecule has 0 aliphatic carbocycles. The predicted octanol–water partition coefficient (Wildman–Crippen LogP) is 0.610. The van der Waals surface area contributed by atoms with Crippen molar-refractivity contribution in [3.05, 3.63) is 17.5 Å². The Morgan fingerprint density at radius 1 is 1.42 bits per heavy atom. The number of nitrogens with zero attached hydrogens (tertiary/aromatic N) is 3. The lowest BCUT2D eigenvalue weighted by Crippen LogP contribution is -2.31. The molecule has 1 fully saturated rings. The third kappa shape index (κ3) is 2.47. The van der Waals surface area contributed by atoms with Gasteiger partial charge in [0.1, 0.15) is 5.69 Å². The topological polar surface area (TPSA) is 64.4 Å². The maximum atomic E-state index is 12.4. The molecule has 2 atom stereocenters. The molecule has 0 N–H and O–H groups in total. The minimum absolute atomic E-state index is 0.0821. The van der Waals surface area contributed by atoms with Crippen LogP contribution in [0.4, 0.5) is 0 Å². The van der Waals surface area contributed by atoms with E-state index < -0.39 is 0 Å². The second-order valence-electron chi connectivity index (χ2n) is 5.11. The van der Waals surface area contributed by atoms with E-state index in [2.05, 4.69) is 5.10 Å². The summed E-state index contributed by atoms with van der Waals surface area (Å²) in [6, 6.07) is 1.76. The van der Waals surface area contributed by atoms with Gasteiger partial charge in [-0.2, -0.15) is 5.10 Å². The van der Waals surface area contributed by atoms with E-state index in [-0.39, 0.29) is 23.7 Å². The van der Waals surface area contributed by atoms with Gasteiger partial charge in [-0.05, 0) is 18.9 Å². The number of amides is 1. The lowest BCUT2D eigenvalue weighted by molar-refractivity contribution is -0.146. The number of methoxy groups -OCH3 is 1. The molecule has 2 rings (SSSR count). The molecule has 0 saturated carbocycles. The average molecular weight is 265 g/mol. The Kier molecular flexibility index (Phi) is 3.59. The zero-order valence-corrected chi connectivity index (χ0v) is 11.7. The van der Waals surface area contributed by atoms with Crippen LogP contribution >= 0.6 is 0 Å². The fourth-order valence-electron chi connectivity index (χ4n) is 2.56.